The minimum Gasteiger partial charge on any atom is -0.345 e. The van der Waals surface area contributed by atoms with Crippen molar-refractivity contribution in [2.75, 3.05) is 39.8 Å². The molecule has 1 atom stereocenters. The Hall–Kier alpha value is -0.610. The molecule has 4 nitrogen and oxygen atoms in total. The fraction of sp³-hybridized carbons (Fsp3) is 0.909. The fourth-order valence-corrected chi connectivity index (χ4v) is 2.02. The van der Waals surface area contributed by atoms with Gasteiger partial charge in [0, 0.05) is 20.1 Å². The molecular formula is C11H23N3O. The third kappa shape index (κ3) is 3.80. The van der Waals surface area contributed by atoms with Gasteiger partial charge in [0.1, 0.15) is 0 Å². The number of rotatable bonds is 5. The van der Waals surface area contributed by atoms with Crippen molar-refractivity contribution in [2.24, 2.45) is 11.7 Å². The molecular weight excluding hydrogens is 190 g/mol. The van der Waals surface area contributed by atoms with Gasteiger partial charge in [-0.1, -0.05) is 0 Å². The van der Waals surface area contributed by atoms with Gasteiger partial charge in [0.15, 0.2) is 0 Å². The van der Waals surface area contributed by atoms with Crippen molar-refractivity contribution in [1.82, 2.24) is 9.80 Å². The Kier molecular flexibility index (Phi) is 5.05. The predicted octanol–water partition coefficient (Wildman–Crippen LogP) is 0.135. The number of carbonyl (C=O) groups excluding carboxylic acids is 1. The molecule has 15 heavy (non-hydrogen) atoms. The van der Waals surface area contributed by atoms with Crippen LogP contribution < -0.4 is 5.73 Å². The van der Waals surface area contributed by atoms with E-state index in [2.05, 4.69) is 4.90 Å². The van der Waals surface area contributed by atoms with Gasteiger partial charge >= 0.3 is 0 Å². The Morgan fingerprint density at radius 1 is 1.60 bits per heavy atom. The average Bonchev–Trinajstić information content (AvgIpc) is 2.65. The van der Waals surface area contributed by atoms with E-state index in [9.17, 15) is 4.79 Å². The summed E-state index contributed by atoms with van der Waals surface area (Å²) in [7, 11) is 1.86. The first-order valence-corrected chi connectivity index (χ1v) is 5.83. The highest BCUT2D eigenvalue weighted by atomic mass is 16.2. The third-order valence-electron chi connectivity index (χ3n) is 3.20. The number of carbonyl (C=O) groups is 1. The number of hydrogen-bond donors (Lipinski definition) is 1. The summed E-state index contributed by atoms with van der Waals surface area (Å²) < 4.78 is 0. The molecule has 4 heteroatoms. The van der Waals surface area contributed by atoms with Crippen molar-refractivity contribution in [3.05, 3.63) is 0 Å². The van der Waals surface area contributed by atoms with Crippen LogP contribution >= 0.6 is 0 Å². The molecule has 0 bridgehead atoms. The molecule has 1 saturated heterocycles. The van der Waals surface area contributed by atoms with E-state index in [1.54, 1.807) is 4.90 Å². The van der Waals surface area contributed by atoms with Gasteiger partial charge in [-0.3, -0.25) is 9.69 Å². The number of nitrogens with two attached hydrogens (primary N) is 1. The molecule has 88 valence electrons. The van der Waals surface area contributed by atoms with Crippen LogP contribution in [0.1, 0.15) is 19.8 Å². The molecule has 1 aliphatic rings. The summed E-state index contributed by atoms with van der Waals surface area (Å²) in [5, 5.41) is 0. The Morgan fingerprint density at radius 2 is 2.33 bits per heavy atom. The zero-order valence-electron chi connectivity index (χ0n) is 9.91. The molecule has 1 heterocycles. The van der Waals surface area contributed by atoms with E-state index in [4.69, 9.17) is 5.73 Å². The van der Waals surface area contributed by atoms with Crippen molar-refractivity contribution in [3.8, 4) is 0 Å². The van der Waals surface area contributed by atoms with Crippen LogP contribution in [0.3, 0.4) is 0 Å². The van der Waals surface area contributed by atoms with Crippen LogP contribution in [-0.2, 0) is 4.79 Å². The predicted molar refractivity (Wildman–Crippen MR) is 61.5 cm³/mol. The topological polar surface area (TPSA) is 49.6 Å². The lowest BCUT2D eigenvalue weighted by atomic mass is 10.1. The molecule has 0 aromatic heterocycles. The van der Waals surface area contributed by atoms with Crippen molar-refractivity contribution < 1.29 is 4.79 Å². The number of amides is 1. The number of likely N-dealkylation sites (tertiary alicyclic amines) is 1. The van der Waals surface area contributed by atoms with Gasteiger partial charge in [-0.25, -0.2) is 0 Å². The van der Waals surface area contributed by atoms with Crippen LogP contribution in [0.25, 0.3) is 0 Å². The Morgan fingerprint density at radius 3 is 2.93 bits per heavy atom. The van der Waals surface area contributed by atoms with Gasteiger partial charge in [-0.2, -0.15) is 0 Å². The molecule has 0 saturated carbocycles. The lowest BCUT2D eigenvalue weighted by Crippen LogP contribution is -2.37. The fourth-order valence-electron chi connectivity index (χ4n) is 2.02. The summed E-state index contributed by atoms with van der Waals surface area (Å²) in [6, 6.07) is 0. The Bertz CT molecular complexity index is 208. The molecule has 1 unspecified atom stereocenters. The summed E-state index contributed by atoms with van der Waals surface area (Å²) in [5.41, 5.74) is 5.53. The van der Waals surface area contributed by atoms with Crippen molar-refractivity contribution >= 4 is 5.91 Å². The Labute approximate surface area is 92.4 Å². The SMILES string of the molecule is CCN(C)C(=O)CN1CCC(CCN)C1. The maximum atomic E-state index is 11.7. The lowest BCUT2D eigenvalue weighted by molar-refractivity contribution is -0.130. The quantitative estimate of drug-likeness (QED) is 0.706. The summed E-state index contributed by atoms with van der Waals surface area (Å²) in [6.07, 6.45) is 2.29. The average molecular weight is 213 g/mol. The molecule has 1 rings (SSSR count). The largest absolute Gasteiger partial charge is 0.345 e. The van der Waals surface area contributed by atoms with E-state index in [0.717, 1.165) is 32.6 Å². The van der Waals surface area contributed by atoms with Gasteiger partial charge in [0.2, 0.25) is 5.91 Å². The van der Waals surface area contributed by atoms with Gasteiger partial charge in [-0.15, -0.1) is 0 Å². The molecule has 0 aliphatic carbocycles. The van der Waals surface area contributed by atoms with Crippen LogP contribution in [0.5, 0.6) is 0 Å². The summed E-state index contributed by atoms with van der Waals surface area (Å²) in [4.78, 5) is 15.7. The van der Waals surface area contributed by atoms with Crippen LogP contribution in [-0.4, -0.2) is 55.5 Å². The van der Waals surface area contributed by atoms with Gasteiger partial charge < -0.3 is 10.6 Å². The number of likely N-dealkylation sites (N-methyl/N-ethyl adjacent to an activating group) is 1. The van der Waals surface area contributed by atoms with Crippen LogP contribution in [0.2, 0.25) is 0 Å². The third-order valence-corrected chi connectivity index (χ3v) is 3.20. The second-order valence-corrected chi connectivity index (χ2v) is 4.38. The standard InChI is InChI=1S/C11H23N3O/c1-3-13(2)11(15)9-14-7-5-10(8-14)4-6-12/h10H,3-9,12H2,1-2H3. The van der Waals surface area contributed by atoms with E-state index in [1.807, 2.05) is 14.0 Å². The first-order valence-electron chi connectivity index (χ1n) is 5.83. The molecule has 0 aromatic rings. The summed E-state index contributed by atoms with van der Waals surface area (Å²) in [5.74, 6) is 0.931. The highest BCUT2D eigenvalue weighted by molar-refractivity contribution is 5.77. The monoisotopic (exact) mass is 213 g/mol. The van der Waals surface area contributed by atoms with E-state index in [1.165, 1.54) is 6.42 Å². The van der Waals surface area contributed by atoms with Crippen LogP contribution in [0.15, 0.2) is 0 Å². The molecule has 1 amide bonds. The highest BCUT2D eigenvalue weighted by Gasteiger charge is 2.23. The van der Waals surface area contributed by atoms with Crippen LogP contribution in [0, 0.1) is 5.92 Å². The van der Waals surface area contributed by atoms with E-state index in [-0.39, 0.29) is 5.91 Å². The van der Waals surface area contributed by atoms with Gasteiger partial charge in [-0.05, 0) is 38.8 Å². The maximum Gasteiger partial charge on any atom is 0.236 e. The zero-order valence-corrected chi connectivity index (χ0v) is 9.91. The minimum atomic E-state index is 0.228. The molecule has 2 N–H and O–H groups in total. The second kappa shape index (κ2) is 6.08. The normalized spacial score (nSPS) is 21.9. The van der Waals surface area contributed by atoms with Gasteiger partial charge in [0.25, 0.3) is 0 Å². The highest BCUT2D eigenvalue weighted by Crippen LogP contribution is 2.18. The van der Waals surface area contributed by atoms with Crippen molar-refractivity contribution in [2.45, 2.75) is 19.8 Å². The van der Waals surface area contributed by atoms with Gasteiger partial charge in [0.05, 0.1) is 6.54 Å². The minimum absolute atomic E-state index is 0.228. The maximum absolute atomic E-state index is 11.7. The smallest absolute Gasteiger partial charge is 0.236 e. The molecule has 1 fully saturated rings. The number of hydrogen-bond acceptors (Lipinski definition) is 3. The van der Waals surface area contributed by atoms with E-state index in [0.29, 0.717) is 12.5 Å². The summed E-state index contributed by atoms with van der Waals surface area (Å²) >= 11 is 0. The van der Waals surface area contributed by atoms with Crippen molar-refractivity contribution in [3.63, 3.8) is 0 Å². The molecule has 0 spiro atoms. The number of nitrogens with zero attached hydrogens (tertiary/aromatic N) is 2. The van der Waals surface area contributed by atoms with E-state index < -0.39 is 0 Å². The Balaban J connectivity index is 2.26. The summed E-state index contributed by atoms with van der Waals surface area (Å²) in [6.45, 7) is 6.22. The van der Waals surface area contributed by atoms with Crippen molar-refractivity contribution in [1.29, 1.82) is 0 Å². The zero-order chi connectivity index (χ0) is 11.3. The van der Waals surface area contributed by atoms with E-state index >= 15 is 0 Å². The first-order chi connectivity index (χ1) is 7.17. The van der Waals surface area contributed by atoms with Crippen LogP contribution in [0.4, 0.5) is 0 Å². The molecule has 0 radical (unpaired) electrons. The second-order valence-electron chi connectivity index (χ2n) is 4.38. The molecule has 1 aliphatic heterocycles. The molecule has 0 aromatic carbocycles. The first kappa shape index (κ1) is 12.5. The lowest BCUT2D eigenvalue weighted by Gasteiger charge is -2.20.